The number of carbonyl (C=O) groups is 4. The van der Waals surface area contributed by atoms with Crippen LogP contribution in [0.1, 0.15) is 82.9 Å². The molecule has 15 heteroatoms. The third-order valence-electron chi connectivity index (χ3n) is 12.6. The number of H-pyrrole nitrogens is 1. The summed E-state index contributed by atoms with van der Waals surface area (Å²) in [7, 11) is 0. The number of hydrogen-bond donors (Lipinski definition) is 2. The van der Waals surface area contributed by atoms with E-state index in [-0.39, 0.29) is 60.5 Å². The molecule has 0 saturated carbocycles. The summed E-state index contributed by atoms with van der Waals surface area (Å²) >= 11 is 0. The van der Waals surface area contributed by atoms with Crippen LogP contribution in [0.5, 0.6) is 0 Å². The van der Waals surface area contributed by atoms with Gasteiger partial charge in [0.1, 0.15) is 12.5 Å². The van der Waals surface area contributed by atoms with E-state index in [0.29, 0.717) is 75.6 Å². The molecule has 1 aromatic heterocycles. The fraction of sp³-hybridized carbons (Fsp3) is 0.400. The molecule has 5 aliphatic heterocycles. The number of benzene rings is 3. The Morgan fingerprint density at radius 2 is 1.62 bits per heavy atom. The van der Waals surface area contributed by atoms with Crippen molar-refractivity contribution in [3.8, 4) is 0 Å². The number of hydrogen-bond acceptors (Lipinski definition) is 6. The van der Waals surface area contributed by atoms with Gasteiger partial charge >= 0.3 is 18.9 Å². The number of rotatable bonds is 8. The average molecular weight is 819 g/mol. The Balaban J connectivity index is 0.00000104. The minimum Gasteiger partial charge on any atom is -0.373 e. The van der Waals surface area contributed by atoms with Crippen LogP contribution in [-0.2, 0) is 40.4 Å². The first kappa shape index (κ1) is 43.3. The number of nitrogens with one attached hydrogen (secondary N) is 2. The van der Waals surface area contributed by atoms with Gasteiger partial charge in [0.15, 0.2) is 0 Å². The van der Waals surface area contributed by atoms with Crippen LogP contribution < -0.4 is 29.1 Å². The van der Waals surface area contributed by atoms with Crippen molar-refractivity contribution < 1.29 is 55.6 Å². The fourth-order valence-electron chi connectivity index (χ4n) is 9.55. The maximum Gasteiger partial charge on any atom is 1.00 e. The first-order chi connectivity index (χ1) is 28.3. The number of fused-ring (bicyclic) bond motifs is 3. The number of halogens is 4. The summed E-state index contributed by atoms with van der Waals surface area (Å²) in [5, 5.41) is 3.39. The third-order valence-corrected chi connectivity index (χ3v) is 12.6. The second-order valence-electron chi connectivity index (χ2n) is 16.4. The Kier molecular flexibility index (Phi) is 12.8. The summed E-state index contributed by atoms with van der Waals surface area (Å²) < 4.78 is 51.6. The van der Waals surface area contributed by atoms with Gasteiger partial charge in [-0.25, -0.2) is 8.78 Å². The van der Waals surface area contributed by atoms with E-state index in [0.717, 1.165) is 52.4 Å². The van der Waals surface area contributed by atoms with Crippen molar-refractivity contribution in [2.75, 3.05) is 37.6 Å². The molecule has 0 bridgehead atoms. The molecule has 312 valence electrons. The standard InChI is InChI=1S/C43H44F2N6O4.C2H3F2.Li/c1-2-5-30-31-6-3-4-7-36(31)46-37(30)20-33-34(44)18-29(19-35(33)45)49-13-10-43(11-14-49)12-15-50(25-43)40(53)24-48-21-26-16-28-23-51(38-8-9-39(52)47-41(38)54)42(55)32(28)17-27(26)22-48;1-2(3)4;/h2-4,6-7,16-20,38,46H,5,8-15,21-25H2,1H3,(H,47,52,54);2H,1H2;/q-2;-1;+1. The van der Waals surface area contributed by atoms with Gasteiger partial charge in [-0.05, 0) is 83.1 Å². The van der Waals surface area contributed by atoms with Crippen LogP contribution in [0.25, 0.3) is 10.9 Å². The van der Waals surface area contributed by atoms with Gasteiger partial charge in [0.05, 0.1) is 18.2 Å². The van der Waals surface area contributed by atoms with Gasteiger partial charge in [0.2, 0.25) is 17.7 Å². The first-order valence-electron chi connectivity index (χ1n) is 20.2. The molecule has 1 unspecified atom stereocenters. The quantitative estimate of drug-likeness (QED) is 0.122. The molecular weight excluding hydrogens is 771 g/mol. The van der Waals surface area contributed by atoms with Crippen molar-refractivity contribution in [2.24, 2.45) is 5.41 Å². The molecule has 60 heavy (non-hydrogen) atoms. The summed E-state index contributed by atoms with van der Waals surface area (Å²) in [6.07, 6.45) is 5.01. The molecular formula is C45H47F4LiN6O4-2. The molecule has 4 amide bonds. The van der Waals surface area contributed by atoms with E-state index >= 15 is 8.78 Å². The Morgan fingerprint density at radius 1 is 0.950 bits per heavy atom. The molecule has 3 aromatic carbocycles. The minimum atomic E-state index is -2.42. The zero-order valence-electron chi connectivity index (χ0n) is 34.0. The van der Waals surface area contributed by atoms with Gasteiger partial charge in [-0.1, -0.05) is 29.8 Å². The minimum absolute atomic E-state index is 0. The number of amides is 4. The van der Waals surface area contributed by atoms with Crippen LogP contribution in [0.15, 0.2) is 48.5 Å². The predicted octanol–water partition coefficient (Wildman–Crippen LogP) is 3.50. The molecule has 3 fully saturated rings. The summed E-state index contributed by atoms with van der Waals surface area (Å²) in [6, 6.07) is 14.1. The number of anilines is 1. The van der Waals surface area contributed by atoms with Gasteiger partial charge < -0.3 is 26.1 Å². The predicted molar refractivity (Wildman–Crippen MR) is 214 cm³/mol. The van der Waals surface area contributed by atoms with Crippen molar-refractivity contribution in [3.05, 3.63) is 119 Å². The third kappa shape index (κ3) is 8.69. The van der Waals surface area contributed by atoms with Crippen molar-refractivity contribution in [3.63, 3.8) is 0 Å². The monoisotopic (exact) mass is 818 g/mol. The van der Waals surface area contributed by atoms with Crippen LogP contribution in [0.2, 0.25) is 0 Å². The average Bonchev–Trinajstić information content (AvgIpc) is 3.96. The molecule has 2 N–H and O–H groups in total. The topological polar surface area (TPSA) is 109 Å². The van der Waals surface area contributed by atoms with E-state index in [9.17, 15) is 28.0 Å². The summed E-state index contributed by atoms with van der Waals surface area (Å²) in [5.41, 5.74) is 6.70. The largest absolute Gasteiger partial charge is 1.00 e. The Hall–Kier alpha value is -4.77. The van der Waals surface area contributed by atoms with E-state index in [1.54, 1.807) is 11.3 Å². The Morgan fingerprint density at radius 3 is 2.30 bits per heavy atom. The number of imide groups is 1. The first-order valence-corrected chi connectivity index (χ1v) is 20.2. The zero-order chi connectivity index (χ0) is 41.6. The molecule has 1 spiro atoms. The number of alkyl halides is 2. The smallest absolute Gasteiger partial charge is 0.373 e. The molecule has 9 rings (SSSR count). The number of aromatic nitrogens is 1. The normalized spacial score (nSPS) is 19.7. The van der Waals surface area contributed by atoms with Crippen LogP contribution in [0.4, 0.5) is 23.2 Å². The van der Waals surface area contributed by atoms with Crippen LogP contribution in [0.3, 0.4) is 0 Å². The van der Waals surface area contributed by atoms with Gasteiger partial charge in [-0.15, -0.1) is 12.0 Å². The van der Waals surface area contributed by atoms with Crippen molar-refractivity contribution in [1.82, 2.24) is 25.0 Å². The number of likely N-dealkylation sites (tertiary alicyclic amines) is 1. The number of aromatic amines is 1. The van der Waals surface area contributed by atoms with Gasteiger partial charge in [0, 0.05) is 69.0 Å². The van der Waals surface area contributed by atoms with Gasteiger partial charge in [0.25, 0.3) is 5.91 Å². The molecule has 10 nitrogen and oxygen atoms in total. The van der Waals surface area contributed by atoms with E-state index < -0.39 is 30.0 Å². The Bertz CT molecular complexity index is 2280. The van der Waals surface area contributed by atoms with E-state index in [2.05, 4.69) is 27.0 Å². The molecule has 4 aromatic rings. The molecule has 6 heterocycles. The van der Waals surface area contributed by atoms with Gasteiger partial charge in [-0.3, -0.25) is 45.1 Å². The van der Waals surface area contributed by atoms with Crippen LogP contribution in [-0.4, -0.2) is 88.5 Å². The molecule has 1 atom stereocenters. The number of carbonyl (C=O) groups excluding carboxylic acids is 4. The van der Waals surface area contributed by atoms with E-state index in [1.807, 2.05) is 54.6 Å². The maximum absolute atomic E-state index is 15.6. The Labute approximate surface area is 359 Å². The number of piperidine rings is 2. The second kappa shape index (κ2) is 17.7. The zero-order valence-corrected chi connectivity index (χ0v) is 34.0. The maximum atomic E-state index is 15.6. The number of para-hydroxylation sites is 1. The van der Waals surface area contributed by atoms with E-state index in [1.165, 1.54) is 12.1 Å². The second-order valence-corrected chi connectivity index (χ2v) is 16.4. The van der Waals surface area contributed by atoms with Crippen molar-refractivity contribution in [2.45, 2.75) is 77.6 Å². The fourth-order valence-corrected chi connectivity index (χ4v) is 9.55. The summed E-state index contributed by atoms with van der Waals surface area (Å²) in [4.78, 5) is 62.0. The molecule has 0 radical (unpaired) electrons. The number of nitrogens with zero attached hydrogens (tertiary/aromatic N) is 4. The van der Waals surface area contributed by atoms with Crippen LogP contribution in [0, 0.1) is 36.8 Å². The summed E-state index contributed by atoms with van der Waals surface area (Å²) in [6.45, 7) is 8.77. The molecule has 0 aliphatic carbocycles. The molecule has 3 saturated heterocycles. The van der Waals surface area contributed by atoms with Crippen LogP contribution >= 0.6 is 0 Å². The van der Waals surface area contributed by atoms with Gasteiger partial charge in [-0.2, -0.15) is 13.3 Å². The summed E-state index contributed by atoms with van der Waals surface area (Å²) in [5.74, 6) is -2.01. The SMILES string of the molecule is C[CH-]Cc1c([CH-]c2c(F)cc(N3CCC4(CCN(C(=O)CN5Cc6cc7c(cc6C5)C(=O)N(C5CCC(=O)NC5=O)C7)C4)CC3)cc2F)[nH]c2ccccc12.[CH2-]C(F)F.[Li+]. The van der Waals surface area contributed by atoms with Crippen molar-refractivity contribution >= 4 is 40.2 Å². The van der Waals surface area contributed by atoms with Crippen molar-refractivity contribution in [1.29, 1.82) is 0 Å². The molecule has 5 aliphatic rings. The van der Waals surface area contributed by atoms with E-state index in [4.69, 9.17) is 0 Å².